The zero-order valence-electron chi connectivity index (χ0n) is 17.5. The van der Waals surface area contributed by atoms with E-state index in [4.69, 9.17) is 4.98 Å². The van der Waals surface area contributed by atoms with Crippen molar-refractivity contribution in [2.75, 3.05) is 24.6 Å². The highest BCUT2D eigenvalue weighted by Gasteiger charge is 2.43. The van der Waals surface area contributed by atoms with Crippen LogP contribution in [-0.2, 0) is 9.59 Å². The molecule has 2 aliphatic rings. The highest BCUT2D eigenvalue weighted by Crippen LogP contribution is 2.33. The van der Waals surface area contributed by atoms with Gasteiger partial charge in [0.05, 0.1) is 28.4 Å². The maximum atomic E-state index is 13.1. The Hall–Kier alpha value is -2.61. The minimum absolute atomic E-state index is 0.127. The number of thiazole rings is 1. The second-order valence-corrected chi connectivity index (χ2v) is 9.54. The van der Waals surface area contributed by atoms with E-state index in [2.05, 4.69) is 24.0 Å². The summed E-state index contributed by atoms with van der Waals surface area (Å²) in [5.41, 5.74) is 3.76. The molecular formula is C24H25N3O3S. The Labute approximate surface area is 185 Å². The number of benzene rings is 2. The summed E-state index contributed by atoms with van der Waals surface area (Å²) < 4.78 is 1.15. The van der Waals surface area contributed by atoms with Crippen molar-refractivity contribution in [1.82, 2.24) is 9.88 Å². The van der Waals surface area contributed by atoms with Crippen molar-refractivity contribution in [2.45, 2.75) is 32.2 Å². The summed E-state index contributed by atoms with van der Waals surface area (Å²) in [6.45, 7) is 3.66. The fourth-order valence-electron chi connectivity index (χ4n) is 4.61. The normalized spacial score (nSPS) is 22.6. The molecule has 0 spiro atoms. The molecule has 0 radical (unpaired) electrons. The minimum Gasteiger partial charge on any atom is -0.396 e. The SMILES string of the molecule is Cc1ccc2nc(-c3ccc(N4C(=O)C[C@H](N5CCC[C@@H](CO)C5)C4=O)cc3)sc2c1. The molecule has 1 N–H and O–H groups in total. The van der Waals surface area contributed by atoms with E-state index in [-0.39, 0.29) is 30.8 Å². The number of nitrogens with zero attached hydrogens (tertiary/aromatic N) is 3. The van der Waals surface area contributed by atoms with Gasteiger partial charge >= 0.3 is 0 Å². The van der Waals surface area contributed by atoms with Crippen LogP contribution in [0.4, 0.5) is 5.69 Å². The average Bonchev–Trinajstić information content (AvgIpc) is 3.34. The molecule has 6 nitrogen and oxygen atoms in total. The van der Waals surface area contributed by atoms with Gasteiger partial charge in [-0.15, -0.1) is 11.3 Å². The number of aliphatic hydroxyl groups is 1. The van der Waals surface area contributed by atoms with E-state index in [0.717, 1.165) is 40.2 Å². The van der Waals surface area contributed by atoms with Gasteiger partial charge in [0.15, 0.2) is 0 Å². The topological polar surface area (TPSA) is 73.7 Å². The predicted octanol–water partition coefficient (Wildman–Crippen LogP) is 3.61. The van der Waals surface area contributed by atoms with Crippen LogP contribution in [-0.4, -0.2) is 52.5 Å². The number of fused-ring (bicyclic) bond motifs is 1. The number of anilines is 1. The lowest BCUT2D eigenvalue weighted by molar-refractivity contribution is -0.123. The first-order valence-electron chi connectivity index (χ1n) is 10.7. The molecule has 31 heavy (non-hydrogen) atoms. The van der Waals surface area contributed by atoms with Crippen molar-refractivity contribution < 1.29 is 14.7 Å². The molecule has 7 heteroatoms. The molecule has 3 aromatic rings. The number of piperidine rings is 1. The van der Waals surface area contributed by atoms with Gasteiger partial charge in [-0.25, -0.2) is 9.88 Å². The van der Waals surface area contributed by atoms with Gasteiger partial charge in [-0.1, -0.05) is 6.07 Å². The molecule has 2 aliphatic heterocycles. The summed E-state index contributed by atoms with van der Waals surface area (Å²) in [4.78, 5) is 33.9. The Morgan fingerprint density at radius 1 is 1.16 bits per heavy atom. The van der Waals surface area contributed by atoms with E-state index in [1.54, 1.807) is 11.3 Å². The van der Waals surface area contributed by atoms with Gasteiger partial charge in [-0.05, 0) is 74.2 Å². The zero-order chi connectivity index (χ0) is 21.5. The molecule has 2 fully saturated rings. The zero-order valence-corrected chi connectivity index (χ0v) is 18.3. The number of carbonyl (C=O) groups excluding carboxylic acids is 2. The molecule has 0 unspecified atom stereocenters. The maximum Gasteiger partial charge on any atom is 0.251 e. The van der Waals surface area contributed by atoms with Crippen molar-refractivity contribution in [3.05, 3.63) is 48.0 Å². The first-order valence-corrected chi connectivity index (χ1v) is 11.5. The fraction of sp³-hybridized carbons (Fsp3) is 0.375. The molecule has 2 aromatic carbocycles. The second-order valence-electron chi connectivity index (χ2n) is 8.51. The van der Waals surface area contributed by atoms with Crippen LogP contribution in [0.3, 0.4) is 0 Å². The molecule has 0 saturated carbocycles. The third-order valence-corrected chi connectivity index (χ3v) is 7.36. The van der Waals surface area contributed by atoms with Gasteiger partial charge < -0.3 is 5.11 Å². The predicted molar refractivity (Wildman–Crippen MR) is 122 cm³/mol. The molecule has 5 rings (SSSR count). The lowest BCUT2D eigenvalue weighted by Crippen LogP contribution is -2.47. The summed E-state index contributed by atoms with van der Waals surface area (Å²) in [5.74, 6) is -0.140. The Balaban J connectivity index is 1.36. The van der Waals surface area contributed by atoms with Crippen LogP contribution in [0.15, 0.2) is 42.5 Å². The van der Waals surface area contributed by atoms with E-state index < -0.39 is 6.04 Å². The molecule has 2 atom stereocenters. The summed E-state index contributed by atoms with van der Waals surface area (Å²) in [7, 11) is 0. The largest absolute Gasteiger partial charge is 0.396 e. The molecule has 3 heterocycles. The van der Waals surface area contributed by atoms with Crippen LogP contribution in [0.25, 0.3) is 20.8 Å². The molecule has 160 valence electrons. The number of imide groups is 1. The van der Waals surface area contributed by atoms with E-state index >= 15 is 0 Å². The van der Waals surface area contributed by atoms with E-state index in [9.17, 15) is 14.7 Å². The Bertz CT molecular complexity index is 1140. The van der Waals surface area contributed by atoms with Crippen LogP contribution in [0, 0.1) is 12.8 Å². The number of hydrogen-bond donors (Lipinski definition) is 1. The Kier molecular flexibility index (Phi) is 5.33. The Morgan fingerprint density at radius 3 is 2.74 bits per heavy atom. The monoisotopic (exact) mass is 435 g/mol. The molecule has 0 bridgehead atoms. The van der Waals surface area contributed by atoms with Gasteiger partial charge in [0.1, 0.15) is 5.01 Å². The standard InChI is InChI=1S/C24H25N3O3S/c1-15-4-9-19-21(11-15)31-23(25-19)17-5-7-18(8-6-17)27-22(29)12-20(24(27)30)26-10-2-3-16(13-26)14-28/h4-9,11,16,20,28H,2-3,10,12-14H2,1H3/t16-,20+/m1/s1. The van der Waals surface area contributed by atoms with Crippen molar-refractivity contribution in [3.8, 4) is 10.6 Å². The number of likely N-dealkylation sites (tertiary alicyclic amines) is 1. The third-order valence-electron chi connectivity index (χ3n) is 6.29. The van der Waals surface area contributed by atoms with Gasteiger partial charge in [0, 0.05) is 18.7 Å². The van der Waals surface area contributed by atoms with Gasteiger partial charge in [0.25, 0.3) is 5.91 Å². The van der Waals surface area contributed by atoms with Crippen LogP contribution in [0.2, 0.25) is 0 Å². The quantitative estimate of drug-likeness (QED) is 0.634. The lowest BCUT2D eigenvalue weighted by Gasteiger charge is -2.34. The van der Waals surface area contributed by atoms with E-state index in [0.29, 0.717) is 12.2 Å². The lowest BCUT2D eigenvalue weighted by atomic mass is 9.97. The van der Waals surface area contributed by atoms with Crippen molar-refractivity contribution >= 4 is 39.1 Å². The smallest absolute Gasteiger partial charge is 0.251 e. The van der Waals surface area contributed by atoms with Crippen LogP contribution >= 0.6 is 11.3 Å². The fourth-order valence-corrected chi connectivity index (χ4v) is 5.68. The molecule has 2 amide bonds. The number of hydrogen-bond acceptors (Lipinski definition) is 6. The van der Waals surface area contributed by atoms with Crippen LogP contribution in [0.1, 0.15) is 24.8 Å². The first kappa shape index (κ1) is 20.3. The van der Waals surface area contributed by atoms with Gasteiger partial charge in [-0.3, -0.25) is 14.5 Å². The van der Waals surface area contributed by atoms with Gasteiger partial charge in [0.2, 0.25) is 5.91 Å². The van der Waals surface area contributed by atoms with Crippen molar-refractivity contribution in [2.24, 2.45) is 5.92 Å². The van der Waals surface area contributed by atoms with Crippen LogP contribution in [0.5, 0.6) is 0 Å². The highest BCUT2D eigenvalue weighted by molar-refractivity contribution is 7.21. The number of aromatic nitrogens is 1. The Morgan fingerprint density at radius 2 is 1.97 bits per heavy atom. The van der Waals surface area contributed by atoms with E-state index in [1.165, 1.54) is 10.5 Å². The summed E-state index contributed by atoms with van der Waals surface area (Å²) in [6, 6.07) is 13.3. The molecule has 2 saturated heterocycles. The number of rotatable bonds is 4. The number of aliphatic hydroxyl groups excluding tert-OH is 1. The minimum atomic E-state index is -0.422. The molecular weight excluding hydrogens is 410 g/mol. The number of aryl methyl sites for hydroxylation is 1. The second kappa shape index (κ2) is 8.15. The third kappa shape index (κ3) is 3.78. The maximum absolute atomic E-state index is 13.1. The molecule has 0 aliphatic carbocycles. The average molecular weight is 436 g/mol. The molecule has 1 aromatic heterocycles. The highest BCUT2D eigenvalue weighted by atomic mass is 32.1. The number of amides is 2. The summed E-state index contributed by atoms with van der Waals surface area (Å²) in [6.07, 6.45) is 2.12. The van der Waals surface area contributed by atoms with E-state index in [1.807, 2.05) is 30.3 Å². The summed E-state index contributed by atoms with van der Waals surface area (Å²) in [5, 5.41) is 10.4. The van der Waals surface area contributed by atoms with Crippen molar-refractivity contribution in [1.29, 1.82) is 0 Å². The summed E-state index contributed by atoms with van der Waals surface area (Å²) >= 11 is 1.64. The van der Waals surface area contributed by atoms with Crippen LogP contribution < -0.4 is 4.90 Å². The van der Waals surface area contributed by atoms with Gasteiger partial charge in [-0.2, -0.15) is 0 Å². The number of carbonyl (C=O) groups is 2. The first-order chi connectivity index (χ1) is 15.0. The van der Waals surface area contributed by atoms with Crippen molar-refractivity contribution in [3.63, 3.8) is 0 Å².